The molecule has 1 aromatic carbocycles. The molecule has 0 saturated heterocycles. The summed E-state index contributed by atoms with van der Waals surface area (Å²) in [5.74, 6) is 2.44. The largest absolute Gasteiger partial charge is 0.437 e. The molecular weight excluding hydrogens is 342 g/mol. The van der Waals surface area contributed by atoms with Gasteiger partial charge in [0.2, 0.25) is 5.88 Å². The molecule has 0 amide bonds. The first-order valence-corrected chi connectivity index (χ1v) is 7.48. The summed E-state index contributed by atoms with van der Waals surface area (Å²) in [7, 11) is 0. The van der Waals surface area contributed by atoms with Crippen LogP contribution < -0.4 is 10.1 Å². The summed E-state index contributed by atoms with van der Waals surface area (Å²) in [6.45, 7) is 4.78. The average Bonchev–Trinajstić information content (AvgIpc) is 2.39. The lowest BCUT2D eigenvalue weighted by atomic mass is 10.3. The van der Waals surface area contributed by atoms with Crippen molar-refractivity contribution in [1.29, 1.82) is 0 Å². The highest BCUT2D eigenvalue weighted by Crippen LogP contribution is 2.31. The van der Waals surface area contributed by atoms with Gasteiger partial charge in [0.15, 0.2) is 0 Å². The van der Waals surface area contributed by atoms with Gasteiger partial charge in [0.25, 0.3) is 0 Å². The maximum atomic E-state index is 6.13. The number of hydrogen-bond donors (Lipinski definition) is 1. The van der Waals surface area contributed by atoms with Gasteiger partial charge in [-0.2, -0.15) is 4.98 Å². The zero-order valence-corrected chi connectivity index (χ0v) is 13.6. The summed E-state index contributed by atoms with van der Waals surface area (Å²) >= 11 is 9.49. The normalized spacial score (nSPS) is 10.4. The van der Waals surface area contributed by atoms with Crippen LogP contribution in [0.2, 0.25) is 5.02 Å². The molecule has 2 aromatic rings. The van der Waals surface area contributed by atoms with Gasteiger partial charge in [-0.1, -0.05) is 34.5 Å². The number of benzene rings is 1. The molecule has 0 atom stereocenters. The van der Waals surface area contributed by atoms with Gasteiger partial charge in [-0.25, -0.2) is 4.98 Å². The highest BCUT2D eigenvalue weighted by molar-refractivity contribution is 9.10. The van der Waals surface area contributed by atoms with Crippen LogP contribution in [-0.4, -0.2) is 16.5 Å². The molecule has 0 fully saturated rings. The van der Waals surface area contributed by atoms with Crippen LogP contribution in [0.25, 0.3) is 0 Å². The van der Waals surface area contributed by atoms with E-state index < -0.39 is 0 Å². The number of anilines is 1. The van der Waals surface area contributed by atoms with Gasteiger partial charge in [0, 0.05) is 17.1 Å². The Morgan fingerprint density at radius 1 is 1.30 bits per heavy atom. The zero-order chi connectivity index (χ0) is 14.5. The smallest absolute Gasteiger partial charge is 0.224 e. The number of ether oxygens (including phenoxy) is 1. The van der Waals surface area contributed by atoms with Gasteiger partial charge in [-0.05, 0) is 31.5 Å². The first kappa shape index (κ1) is 15.1. The molecule has 0 aliphatic rings. The predicted molar refractivity (Wildman–Crippen MR) is 84.8 cm³/mol. The first-order chi connectivity index (χ1) is 9.58. The Morgan fingerprint density at radius 2 is 2.10 bits per heavy atom. The van der Waals surface area contributed by atoms with E-state index in [2.05, 4.69) is 38.1 Å². The van der Waals surface area contributed by atoms with Gasteiger partial charge < -0.3 is 10.1 Å². The summed E-state index contributed by atoms with van der Waals surface area (Å²) in [5.41, 5.74) is 0. The number of hydrogen-bond acceptors (Lipinski definition) is 4. The number of aromatic nitrogens is 2. The first-order valence-electron chi connectivity index (χ1n) is 6.31. The van der Waals surface area contributed by atoms with Crippen molar-refractivity contribution in [1.82, 2.24) is 9.97 Å². The second-order valence-electron chi connectivity index (χ2n) is 4.24. The van der Waals surface area contributed by atoms with E-state index >= 15 is 0 Å². The highest BCUT2D eigenvalue weighted by atomic mass is 79.9. The Balaban J connectivity index is 2.21. The molecule has 20 heavy (non-hydrogen) atoms. The lowest BCUT2D eigenvalue weighted by Gasteiger charge is -2.10. The number of nitrogens with zero attached hydrogens (tertiary/aromatic N) is 2. The topological polar surface area (TPSA) is 47.0 Å². The molecule has 0 unspecified atom stereocenters. The summed E-state index contributed by atoms with van der Waals surface area (Å²) in [6.07, 6.45) is 1.03. The highest BCUT2D eigenvalue weighted by Gasteiger charge is 2.07. The molecule has 1 heterocycles. The average molecular weight is 357 g/mol. The third kappa shape index (κ3) is 4.08. The summed E-state index contributed by atoms with van der Waals surface area (Å²) < 4.78 is 6.62. The molecule has 2 rings (SSSR count). The minimum atomic E-state index is 0.473. The number of nitrogens with one attached hydrogen (secondary N) is 1. The van der Waals surface area contributed by atoms with Crippen molar-refractivity contribution < 1.29 is 4.74 Å². The van der Waals surface area contributed by atoms with E-state index in [1.54, 1.807) is 18.2 Å². The van der Waals surface area contributed by atoms with Crippen LogP contribution in [0.5, 0.6) is 11.6 Å². The molecule has 0 bridgehead atoms. The molecule has 6 heteroatoms. The van der Waals surface area contributed by atoms with E-state index in [4.69, 9.17) is 16.3 Å². The van der Waals surface area contributed by atoms with E-state index in [-0.39, 0.29) is 0 Å². The van der Waals surface area contributed by atoms with Crippen LogP contribution in [0.4, 0.5) is 5.82 Å². The molecule has 0 radical (unpaired) electrons. The zero-order valence-electron chi connectivity index (χ0n) is 11.3. The summed E-state index contributed by atoms with van der Waals surface area (Å²) in [4.78, 5) is 8.56. The minimum Gasteiger partial charge on any atom is -0.437 e. The van der Waals surface area contributed by atoms with Gasteiger partial charge in [0.05, 0.1) is 5.02 Å². The van der Waals surface area contributed by atoms with E-state index in [9.17, 15) is 0 Å². The molecule has 4 nitrogen and oxygen atoms in total. The monoisotopic (exact) mass is 355 g/mol. The maximum absolute atomic E-state index is 6.13. The quantitative estimate of drug-likeness (QED) is 0.834. The fourth-order valence-electron chi connectivity index (χ4n) is 1.61. The molecule has 0 saturated carbocycles. The molecule has 0 aliphatic heterocycles. The van der Waals surface area contributed by atoms with Crippen molar-refractivity contribution in [2.75, 3.05) is 11.9 Å². The fourth-order valence-corrected chi connectivity index (χ4v) is 2.32. The van der Waals surface area contributed by atoms with Crippen LogP contribution in [0.15, 0.2) is 28.7 Å². The van der Waals surface area contributed by atoms with E-state index in [0.29, 0.717) is 22.5 Å². The molecule has 0 aliphatic carbocycles. The van der Waals surface area contributed by atoms with Gasteiger partial charge in [-0.15, -0.1) is 0 Å². The lowest BCUT2D eigenvalue weighted by Crippen LogP contribution is -2.04. The van der Waals surface area contributed by atoms with Crippen LogP contribution in [-0.2, 0) is 0 Å². The molecule has 0 spiro atoms. The minimum absolute atomic E-state index is 0.473. The summed E-state index contributed by atoms with van der Waals surface area (Å²) in [6, 6.07) is 7.21. The molecule has 1 N–H and O–H groups in total. The number of rotatable bonds is 5. The van der Waals surface area contributed by atoms with Crippen molar-refractivity contribution in [2.24, 2.45) is 0 Å². The molecule has 106 valence electrons. The number of halogens is 2. The van der Waals surface area contributed by atoms with E-state index in [0.717, 1.165) is 23.3 Å². The SMILES string of the molecule is CCCNc1cc(Oc2ccc(Br)cc2Cl)nc(C)n1. The van der Waals surface area contributed by atoms with Crippen molar-refractivity contribution in [3.05, 3.63) is 39.6 Å². The van der Waals surface area contributed by atoms with Crippen LogP contribution >= 0.6 is 27.5 Å². The Kier molecular flexibility index (Phi) is 5.20. The molecular formula is C14H15BrClN3O. The standard InChI is InChI=1S/C14H15BrClN3O/c1-3-6-17-13-8-14(19-9(2)18-13)20-12-5-4-10(15)7-11(12)16/h4-5,7-8H,3,6H2,1-2H3,(H,17,18,19). The van der Waals surface area contributed by atoms with Crippen molar-refractivity contribution >= 4 is 33.3 Å². The van der Waals surface area contributed by atoms with E-state index in [1.807, 2.05) is 13.0 Å². The van der Waals surface area contributed by atoms with Gasteiger partial charge in [0.1, 0.15) is 17.4 Å². The van der Waals surface area contributed by atoms with Gasteiger partial charge in [-0.3, -0.25) is 0 Å². The van der Waals surface area contributed by atoms with E-state index in [1.165, 1.54) is 0 Å². The lowest BCUT2D eigenvalue weighted by molar-refractivity contribution is 0.460. The predicted octanol–water partition coefficient (Wildman–Crippen LogP) is 4.82. The Hall–Kier alpha value is -1.33. The Labute approximate surface area is 131 Å². The van der Waals surface area contributed by atoms with Crippen LogP contribution in [0, 0.1) is 6.92 Å². The Bertz CT molecular complexity index is 607. The third-order valence-corrected chi connectivity index (χ3v) is 3.27. The summed E-state index contributed by atoms with van der Waals surface area (Å²) in [5, 5.41) is 3.74. The third-order valence-electron chi connectivity index (χ3n) is 2.48. The fraction of sp³-hybridized carbons (Fsp3) is 0.286. The van der Waals surface area contributed by atoms with Crippen molar-refractivity contribution in [2.45, 2.75) is 20.3 Å². The molecule has 1 aromatic heterocycles. The van der Waals surface area contributed by atoms with Crippen molar-refractivity contribution in [3.63, 3.8) is 0 Å². The van der Waals surface area contributed by atoms with Crippen molar-refractivity contribution in [3.8, 4) is 11.6 Å². The van der Waals surface area contributed by atoms with Gasteiger partial charge >= 0.3 is 0 Å². The Morgan fingerprint density at radius 3 is 2.80 bits per heavy atom. The second kappa shape index (κ2) is 6.90. The second-order valence-corrected chi connectivity index (χ2v) is 5.57. The number of aryl methyl sites for hydroxylation is 1. The maximum Gasteiger partial charge on any atom is 0.224 e. The van der Waals surface area contributed by atoms with Crippen LogP contribution in [0.3, 0.4) is 0 Å². The van der Waals surface area contributed by atoms with Crippen LogP contribution in [0.1, 0.15) is 19.2 Å².